The normalized spacial score (nSPS) is 11.7. The molecule has 0 aliphatic rings. The third-order valence-electron chi connectivity index (χ3n) is 4.24. The minimum absolute atomic E-state index is 0.161. The Bertz CT molecular complexity index is 1050. The van der Waals surface area contributed by atoms with Crippen molar-refractivity contribution in [3.8, 4) is 23.0 Å². The van der Waals surface area contributed by atoms with Crippen molar-refractivity contribution in [3.63, 3.8) is 0 Å². The van der Waals surface area contributed by atoms with Gasteiger partial charge in [0.25, 0.3) is 5.91 Å². The second kappa shape index (κ2) is 12.3. The lowest BCUT2D eigenvalue weighted by atomic mass is 10.2. The van der Waals surface area contributed by atoms with Crippen LogP contribution in [0.2, 0.25) is 10.0 Å². The first kappa shape index (κ1) is 26.2. The van der Waals surface area contributed by atoms with Crippen LogP contribution in [0.5, 0.6) is 23.0 Å². The summed E-state index contributed by atoms with van der Waals surface area (Å²) in [5, 5.41) is 11.0. The summed E-state index contributed by atoms with van der Waals surface area (Å²) < 4.78 is 21.4. The molecule has 0 saturated heterocycles. The van der Waals surface area contributed by atoms with E-state index >= 15 is 0 Å². The SMILES string of the molecule is CCOc1cc(Cl)c(OCC)c(N=NC(C(C)=O)C(=O)Nc2c(Cl)cc(OC)cc2OC)c1. The maximum absolute atomic E-state index is 12.9. The first-order valence-electron chi connectivity index (χ1n) is 9.98. The van der Waals surface area contributed by atoms with E-state index in [4.69, 9.17) is 42.1 Å². The molecule has 2 aromatic carbocycles. The molecule has 2 rings (SSSR count). The molecule has 1 N–H and O–H groups in total. The van der Waals surface area contributed by atoms with Crippen molar-refractivity contribution in [1.29, 1.82) is 0 Å². The van der Waals surface area contributed by atoms with Crippen LogP contribution in [-0.4, -0.2) is 45.2 Å². The Kier molecular flexibility index (Phi) is 9.74. The van der Waals surface area contributed by atoms with Gasteiger partial charge in [0, 0.05) is 24.3 Å². The van der Waals surface area contributed by atoms with Gasteiger partial charge in [-0.25, -0.2) is 0 Å². The molecule has 0 aliphatic heterocycles. The standard InChI is InChI=1S/C22H25Cl2N3O6/c1-6-32-14-9-16(24)21(33-7-2)17(10-14)26-27-19(12(3)28)22(29)25-20-15(23)8-13(30-4)11-18(20)31-5/h8-11,19H,6-7H2,1-5H3,(H,25,29). The predicted octanol–water partition coefficient (Wildman–Crippen LogP) is 5.49. The first-order valence-corrected chi connectivity index (χ1v) is 10.7. The molecule has 0 fully saturated rings. The van der Waals surface area contributed by atoms with Gasteiger partial charge in [-0.15, -0.1) is 0 Å². The van der Waals surface area contributed by atoms with Gasteiger partial charge in [0.1, 0.15) is 28.6 Å². The number of nitrogens with zero attached hydrogens (tertiary/aromatic N) is 2. The van der Waals surface area contributed by atoms with Crippen molar-refractivity contribution in [2.75, 3.05) is 32.8 Å². The molecular weight excluding hydrogens is 473 g/mol. The molecule has 11 heteroatoms. The maximum atomic E-state index is 12.9. The van der Waals surface area contributed by atoms with Crippen LogP contribution in [-0.2, 0) is 9.59 Å². The zero-order chi connectivity index (χ0) is 24.5. The number of hydrogen-bond donors (Lipinski definition) is 1. The lowest BCUT2D eigenvalue weighted by Gasteiger charge is -2.15. The number of Topliss-reactive ketones (excluding diaryl/α,β-unsaturated/α-hetero) is 1. The number of azo groups is 1. The number of ketones is 1. The minimum atomic E-state index is -1.46. The molecule has 0 saturated carbocycles. The summed E-state index contributed by atoms with van der Waals surface area (Å²) in [5.74, 6) is 0.105. The summed E-state index contributed by atoms with van der Waals surface area (Å²) in [6.45, 7) is 5.56. The van der Waals surface area contributed by atoms with Crippen molar-refractivity contribution in [2.24, 2.45) is 10.2 Å². The van der Waals surface area contributed by atoms with Gasteiger partial charge in [0.2, 0.25) is 6.04 Å². The molecule has 1 atom stereocenters. The van der Waals surface area contributed by atoms with Crippen molar-refractivity contribution in [2.45, 2.75) is 26.8 Å². The first-order chi connectivity index (χ1) is 15.7. The molecule has 2 aromatic rings. The largest absolute Gasteiger partial charge is 0.497 e. The van der Waals surface area contributed by atoms with E-state index in [-0.39, 0.29) is 32.9 Å². The number of anilines is 1. The van der Waals surface area contributed by atoms with E-state index in [1.165, 1.54) is 27.2 Å². The second-order valence-electron chi connectivity index (χ2n) is 6.52. The van der Waals surface area contributed by atoms with E-state index < -0.39 is 17.7 Å². The van der Waals surface area contributed by atoms with Crippen LogP contribution < -0.4 is 24.3 Å². The van der Waals surface area contributed by atoms with E-state index in [0.29, 0.717) is 24.7 Å². The number of hydrogen-bond acceptors (Lipinski definition) is 8. The van der Waals surface area contributed by atoms with Gasteiger partial charge < -0.3 is 24.3 Å². The number of rotatable bonds is 11. The number of carbonyl (C=O) groups excluding carboxylic acids is 2. The van der Waals surface area contributed by atoms with E-state index in [2.05, 4.69) is 15.5 Å². The molecule has 0 spiro atoms. The summed E-state index contributed by atoms with van der Waals surface area (Å²) >= 11 is 12.5. The fraction of sp³-hybridized carbons (Fsp3) is 0.364. The van der Waals surface area contributed by atoms with Crippen LogP contribution in [0.15, 0.2) is 34.5 Å². The van der Waals surface area contributed by atoms with E-state index in [1.54, 1.807) is 25.1 Å². The summed E-state index contributed by atoms with van der Waals surface area (Å²) in [6.07, 6.45) is 0. The van der Waals surface area contributed by atoms with Crippen LogP contribution >= 0.6 is 23.2 Å². The smallest absolute Gasteiger partial charge is 0.258 e. The van der Waals surface area contributed by atoms with Gasteiger partial charge >= 0.3 is 0 Å². The number of methoxy groups -OCH3 is 2. The predicted molar refractivity (Wildman–Crippen MR) is 126 cm³/mol. The van der Waals surface area contributed by atoms with Crippen molar-refractivity contribution >= 4 is 46.3 Å². The third-order valence-corrected chi connectivity index (χ3v) is 4.82. The molecule has 1 amide bonds. The number of carbonyl (C=O) groups is 2. The average Bonchev–Trinajstić information content (AvgIpc) is 2.77. The van der Waals surface area contributed by atoms with Crippen LogP contribution in [0.25, 0.3) is 0 Å². The van der Waals surface area contributed by atoms with Crippen LogP contribution in [0.1, 0.15) is 20.8 Å². The Labute approximate surface area is 202 Å². The van der Waals surface area contributed by atoms with Gasteiger partial charge in [-0.1, -0.05) is 23.2 Å². The Hall–Kier alpha value is -3.04. The Balaban J connectivity index is 2.39. The molecule has 0 aromatic heterocycles. The van der Waals surface area contributed by atoms with Crippen molar-refractivity contribution in [3.05, 3.63) is 34.3 Å². The number of nitrogens with one attached hydrogen (secondary N) is 1. The minimum Gasteiger partial charge on any atom is -0.497 e. The van der Waals surface area contributed by atoms with Gasteiger partial charge in [-0.05, 0) is 20.8 Å². The van der Waals surface area contributed by atoms with Gasteiger partial charge in [-0.3, -0.25) is 9.59 Å². The lowest BCUT2D eigenvalue weighted by molar-refractivity contribution is -0.126. The van der Waals surface area contributed by atoms with Gasteiger partial charge in [-0.2, -0.15) is 10.2 Å². The highest BCUT2D eigenvalue weighted by Gasteiger charge is 2.26. The molecule has 0 radical (unpaired) electrons. The molecule has 1 unspecified atom stereocenters. The summed E-state index contributed by atoms with van der Waals surface area (Å²) in [4.78, 5) is 25.1. The molecule has 178 valence electrons. The molecule has 33 heavy (non-hydrogen) atoms. The molecule has 0 aliphatic carbocycles. The van der Waals surface area contributed by atoms with E-state index in [1.807, 2.05) is 6.92 Å². The zero-order valence-corrected chi connectivity index (χ0v) is 20.4. The Morgan fingerprint density at radius 3 is 2.21 bits per heavy atom. The van der Waals surface area contributed by atoms with Crippen LogP contribution in [0.3, 0.4) is 0 Å². The van der Waals surface area contributed by atoms with Crippen LogP contribution in [0, 0.1) is 0 Å². The maximum Gasteiger partial charge on any atom is 0.258 e. The molecule has 9 nitrogen and oxygen atoms in total. The second-order valence-corrected chi connectivity index (χ2v) is 7.34. The number of halogens is 2. The van der Waals surface area contributed by atoms with E-state index in [9.17, 15) is 9.59 Å². The monoisotopic (exact) mass is 497 g/mol. The summed E-state index contributed by atoms with van der Waals surface area (Å²) in [5.41, 5.74) is 0.384. The molecular formula is C22H25Cl2N3O6. The third kappa shape index (κ3) is 6.72. The Morgan fingerprint density at radius 1 is 0.970 bits per heavy atom. The molecule has 0 heterocycles. The average molecular weight is 498 g/mol. The van der Waals surface area contributed by atoms with Crippen LogP contribution in [0.4, 0.5) is 11.4 Å². The Morgan fingerprint density at radius 2 is 1.64 bits per heavy atom. The van der Waals surface area contributed by atoms with Crippen molar-refractivity contribution < 1.29 is 28.5 Å². The fourth-order valence-electron chi connectivity index (χ4n) is 2.75. The number of amides is 1. The fourth-order valence-corrected chi connectivity index (χ4v) is 3.26. The molecule has 0 bridgehead atoms. The zero-order valence-electron chi connectivity index (χ0n) is 18.9. The number of benzene rings is 2. The topological polar surface area (TPSA) is 108 Å². The van der Waals surface area contributed by atoms with Gasteiger partial charge in [0.05, 0.1) is 37.5 Å². The quantitative estimate of drug-likeness (QED) is 0.324. The van der Waals surface area contributed by atoms with Crippen molar-refractivity contribution in [1.82, 2.24) is 0 Å². The highest BCUT2D eigenvalue weighted by atomic mass is 35.5. The summed E-state index contributed by atoms with van der Waals surface area (Å²) in [6, 6.07) is 4.72. The summed E-state index contributed by atoms with van der Waals surface area (Å²) in [7, 11) is 2.88. The van der Waals surface area contributed by atoms with E-state index in [0.717, 1.165) is 0 Å². The lowest BCUT2D eigenvalue weighted by Crippen LogP contribution is -2.32. The highest BCUT2D eigenvalue weighted by Crippen LogP contribution is 2.40. The number of ether oxygens (including phenoxy) is 4. The van der Waals surface area contributed by atoms with Gasteiger partial charge in [0.15, 0.2) is 11.5 Å². The highest BCUT2D eigenvalue weighted by molar-refractivity contribution is 6.34.